The lowest BCUT2D eigenvalue weighted by molar-refractivity contribution is 0.174. The lowest BCUT2D eigenvalue weighted by Gasteiger charge is -2.10. The van der Waals surface area contributed by atoms with Crippen LogP contribution in [0, 0.1) is 19.8 Å². The van der Waals surface area contributed by atoms with Crippen LogP contribution in [0.15, 0.2) is 18.3 Å². The molecule has 0 bridgehead atoms. The second-order valence-electron chi connectivity index (χ2n) is 7.28. The first kappa shape index (κ1) is 13.5. The van der Waals surface area contributed by atoms with Gasteiger partial charge in [-0.15, -0.1) is 0 Å². The first-order valence-corrected chi connectivity index (χ1v) is 8.54. The van der Waals surface area contributed by atoms with Crippen molar-refractivity contribution in [3.8, 4) is 11.5 Å². The highest BCUT2D eigenvalue weighted by Crippen LogP contribution is 2.72. The minimum absolute atomic E-state index is 0.257. The maximum Gasteiger partial charge on any atom is 0.231 e. The Balaban J connectivity index is 1.42. The van der Waals surface area contributed by atoms with E-state index in [-0.39, 0.29) is 12.3 Å². The van der Waals surface area contributed by atoms with Gasteiger partial charge in [0.1, 0.15) is 0 Å². The fourth-order valence-corrected chi connectivity index (χ4v) is 3.73. The lowest BCUT2D eigenvalue weighted by Crippen LogP contribution is -2.10. The number of hydrogen-bond donors (Lipinski definition) is 1. The number of hydrogen-bond acceptors (Lipinski definition) is 6. The third-order valence-electron chi connectivity index (χ3n) is 5.64. The molecule has 126 valence electrons. The summed E-state index contributed by atoms with van der Waals surface area (Å²) in [6, 6.07) is 3.90. The zero-order valence-electron chi connectivity index (χ0n) is 14.0. The topological polar surface area (TPSA) is 74.1 Å². The van der Waals surface area contributed by atoms with Crippen molar-refractivity contribution < 1.29 is 9.47 Å². The van der Waals surface area contributed by atoms with Crippen molar-refractivity contribution in [2.75, 3.05) is 12.1 Å². The van der Waals surface area contributed by atoms with Crippen LogP contribution in [0.2, 0.25) is 0 Å². The minimum atomic E-state index is 0.257. The lowest BCUT2D eigenvalue weighted by atomic mass is 10.2. The summed E-state index contributed by atoms with van der Waals surface area (Å²) >= 11 is 0. The molecule has 0 saturated heterocycles. The van der Waals surface area contributed by atoms with Gasteiger partial charge in [0.2, 0.25) is 12.7 Å². The summed E-state index contributed by atoms with van der Waals surface area (Å²) in [5.74, 6) is 2.90. The Morgan fingerprint density at radius 1 is 1.20 bits per heavy atom. The fourth-order valence-electron chi connectivity index (χ4n) is 3.73. The molecule has 2 fully saturated rings. The van der Waals surface area contributed by atoms with E-state index in [1.807, 2.05) is 32.2 Å². The summed E-state index contributed by atoms with van der Waals surface area (Å²) in [6.45, 7) is 4.31. The first-order chi connectivity index (χ1) is 12.1. The van der Waals surface area contributed by atoms with Crippen molar-refractivity contribution in [2.45, 2.75) is 32.2 Å². The van der Waals surface area contributed by atoms with Crippen molar-refractivity contribution in [1.82, 2.24) is 19.7 Å². The number of rotatable bonds is 3. The van der Waals surface area contributed by atoms with Crippen molar-refractivity contribution >= 4 is 22.7 Å². The Morgan fingerprint density at radius 3 is 2.72 bits per heavy atom. The van der Waals surface area contributed by atoms with Crippen molar-refractivity contribution in [3.63, 3.8) is 0 Å². The molecule has 25 heavy (non-hydrogen) atoms. The molecule has 0 unspecified atom stereocenters. The Morgan fingerprint density at radius 2 is 1.96 bits per heavy atom. The molecule has 3 aliphatic rings. The molecule has 1 aliphatic heterocycles. The highest BCUT2D eigenvalue weighted by molar-refractivity contribution is 5.79. The third-order valence-corrected chi connectivity index (χ3v) is 5.64. The van der Waals surface area contributed by atoms with Crippen LogP contribution in [0.5, 0.6) is 11.5 Å². The van der Waals surface area contributed by atoms with Gasteiger partial charge >= 0.3 is 0 Å². The van der Waals surface area contributed by atoms with Gasteiger partial charge in [0.05, 0.1) is 16.6 Å². The zero-order valence-corrected chi connectivity index (χ0v) is 14.0. The SMILES string of the molecule is Cc1cc2c(cc1Nc1ncc3c(C)nn(C45CC4C5)c3n1)OCO2. The second-order valence-corrected chi connectivity index (χ2v) is 7.28. The molecule has 6 rings (SSSR count). The Labute approximate surface area is 144 Å². The molecular weight excluding hydrogens is 318 g/mol. The predicted octanol–water partition coefficient (Wildman–Crippen LogP) is 3.03. The van der Waals surface area contributed by atoms with E-state index in [0.29, 0.717) is 5.95 Å². The largest absolute Gasteiger partial charge is 0.454 e. The van der Waals surface area contributed by atoms with Crippen molar-refractivity contribution in [3.05, 3.63) is 29.6 Å². The molecule has 2 aromatic heterocycles. The normalized spacial score (nSPS) is 25.1. The number of aryl methyl sites for hydroxylation is 2. The van der Waals surface area contributed by atoms with Crippen LogP contribution in [0.25, 0.3) is 11.0 Å². The van der Waals surface area contributed by atoms with Crippen LogP contribution in [-0.2, 0) is 5.54 Å². The third kappa shape index (κ3) is 1.78. The van der Waals surface area contributed by atoms with Gasteiger partial charge in [-0.2, -0.15) is 10.1 Å². The minimum Gasteiger partial charge on any atom is -0.454 e. The molecule has 3 aromatic rings. The average Bonchev–Trinajstić information content (AvgIpc) is 3.36. The molecule has 0 radical (unpaired) electrons. The van der Waals surface area contributed by atoms with E-state index < -0.39 is 0 Å². The number of fused-ring (bicyclic) bond motifs is 3. The number of anilines is 2. The van der Waals surface area contributed by atoms with Crippen LogP contribution in [0.1, 0.15) is 24.1 Å². The van der Waals surface area contributed by atoms with E-state index in [9.17, 15) is 0 Å². The zero-order chi connectivity index (χ0) is 16.8. The van der Waals surface area contributed by atoms with E-state index in [4.69, 9.17) is 19.6 Å². The average molecular weight is 335 g/mol. The van der Waals surface area contributed by atoms with Gasteiger partial charge in [-0.05, 0) is 44.2 Å². The van der Waals surface area contributed by atoms with Gasteiger partial charge in [-0.25, -0.2) is 9.67 Å². The number of ether oxygens (including phenoxy) is 2. The standard InChI is InChI=1S/C18H17N5O2/c1-9-3-14-15(25-8-24-14)4-13(9)20-17-19-7-12-10(2)22-23(16(12)21-17)18-5-11(18)6-18/h3-4,7,11H,5-6,8H2,1-2H3,(H,19,20,21). The molecular formula is C18H17N5O2. The van der Waals surface area contributed by atoms with E-state index in [0.717, 1.165) is 45.4 Å². The summed E-state index contributed by atoms with van der Waals surface area (Å²) in [5, 5.41) is 9.07. The molecule has 2 aliphatic carbocycles. The predicted molar refractivity (Wildman–Crippen MR) is 91.3 cm³/mol. The van der Waals surface area contributed by atoms with E-state index >= 15 is 0 Å². The van der Waals surface area contributed by atoms with Gasteiger partial charge < -0.3 is 14.8 Å². The molecule has 1 N–H and O–H groups in total. The smallest absolute Gasteiger partial charge is 0.231 e. The molecule has 3 heterocycles. The highest BCUT2D eigenvalue weighted by atomic mass is 16.7. The molecule has 2 saturated carbocycles. The van der Waals surface area contributed by atoms with E-state index in [1.165, 1.54) is 12.8 Å². The molecule has 7 nitrogen and oxygen atoms in total. The summed E-state index contributed by atoms with van der Waals surface area (Å²) in [5.41, 5.74) is 4.15. The number of benzene rings is 1. The molecule has 0 amide bonds. The van der Waals surface area contributed by atoms with Gasteiger partial charge in [0, 0.05) is 18.0 Å². The van der Waals surface area contributed by atoms with Gasteiger partial charge in [-0.1, -0.05) is 0 Å². The van der Waals surface area contributed by atoms with Gasteiger partial charge in [0.15, 0.2) is 17.1 Å². The Bertz CT molecular complexity index is 1050. The number of nitrogens with one attached hydrogen (secondary N) is 1. The molecule has 0 atom stereocenters. The maximum absolute atomic E-state index is 5.47. The molecule has 7 heteroatoms. The molecule has 1 aromatic carbocycles. The highest BCUT2D eigenvalue weighted by Gasteiger charge is 2.72. The molecule has 0 spiro atoms. The van der Waals surface area contributed by atoms with E-state index in [1.54, 1.807) is 0 Å². The van der Waals surface area contributed by atoms with Crippen LogP contribution in [-0.4, -0.2) is 26.5 Å². The van der Waals surface area contributed by atoms with Gasteiger partial charge in [0.25, 0.3) is 0 Å². The van der Waals surface area contributed by atoms with Crippen LogP contribution in [0.4, 0.5) is 11.6 Å². The maximum atomic E-state index is 5.47. The first-order valence-electron chi connectivity index (χ1n) is 8.54. The number of aromatic nitrogens is 4. The van der Waals surface area contributed by atoms with Crippen molar-refractivity contribution in [2.24, 2.45) is 5.92 Å². The number of nitrogens with zero attached hydrogens (tertiary/aromatic N) is 4. The Kier molecular flexibility index (Phi) is 2.27. The fraction of sp³-hybridized carbons (Fsp3) is 0.389. The summed E-state index contributed by atoms with van der Waals surface area (Å²) in [7, 11) is 0. The van der Waals surface area contributed by atoms with Crippen molar-refractivity contribution in [1.29, 1.82) is 0 Å². The van der Waals surface area contributed by atoms with Crippen LogP contribution < -0.4 is 14.8 Å². The summed E-state index contributed by atoms with van der Waals surface area (Å²) in [4.78, 5) is 9.24. The quantitative estimate of drug-likeness (QED) is 0.793. The van der Waals surface area contributed by atoms with Gasteiger partial charge in [-0.3, -0.25) is 0 Å². The van der Waals surface area contributed by atoms with Crippen LogP contribution >= 0.6 is 0 Å². The Hall–Kier alpha value is -2.83. The summed E-state index contributed by atoms with van der Waals surface area (Å²) in [6.07, 6.45) is 4.33. The van der Waals surface area contributed by atoms with E-state index in [2.05, 4.69) is 15.0 Å². The monoisotopic (exact) mass is 335 g/mol. The second kappa shape index (κ2) is 4.22. The summed E-state index contributed by atoms with van der Waals surface area (Å²) < 4.78 is 13.0. The van der Waals surface area contributed by atoms with Crippen LogP contribution in [0.3, 0.4) is 0 Å².